The van der Waals surface area contributed by atoms with Crippen LogP contribution in [0.2, 0.25) is 0 Å². The Morgan fingerprint density at radius 3 is 2.22 bits per heavy atom. The number of hydrogen-bond donors (Lipinski definition) is 2. The molecule has 0 atom stereocenters. The molecular weight excluding hydrogens is 404 g/mol. The Morgan fingerprint density at radius 2 is 1.56 bits per heavy atom. The van der Waals surface area contributed by atoms with Gasteiger partial charge in [0.15, 0.2) is 0 Å². The van der Waals surface area contributed by atoms with E-state index in [0.29, 0.717) is 18.5 Å². The maximum absolute atomic E-state index is 12.7. The van der Waals surface area contributed by atoms with Gasteiger partial charge in [-0.3, -0.25) is 19.7 Å². The summed E-state index contributed by atoms with van der Waals surface area (Å²) in [7, 11) is 1.84. The van der Waals surface area contributed by atoms with Gasteiger partial charge in [-0.15, -0.1) is 0 Å². The van der Waals surface area contributed by atoms with Crippen LogP contribution >= 0.6 is 0 Å². The molecule has 2 amide bonds. The van der Waals surface area contributed by atoms with Crippen molar-refractivity contribution in [3.63, 3.8) is 0 Å². The number of rotatable bonds is 10. The molecule has 0 radical (unpaired) electrons. The summed E-state index contributed by atoms with van der Waals surface area (Å²) in [4.78, 5) is 30.4. The zero-order valence-electron chi connectivity index (χ0n) is 18.9. The minimum Gasteiger partial charge on any atom is -0.337 e. The van der Waals surface area contributed by atoms with E-state index in [-0.39, 0.29) is 11.8 Å². The van der Waals surface area contributed by atoms with Crippen LogP contribution in [-0.2, 0) is 17.9 Å². The third-order valence-corrected chi connectivity index (χ3v) is 5.93. The zero-order valence-corrected chi connectivity index (χ0v) is 18.9. The number of piperazine rings is 1. The molecule has 7 heteroatoms. The Kier molecular flexibility index (Phi) is 9.22. The van der Waals surface area contributed by atoms with Crippen LogP contribution in [0.5, 0.6) is 0 Å². The van der Waals surface area contributed by atoms with E-state index < -0.39 is 0 Å². The Morgan fingerprint density at radius 1 is 0.906 bits per heavy atom. The average Bonchev–Trinajstić information content (AvgIpc) is 2.83. The maximum Gasteiger partial charge on any atom is 0.253 e. The van der Waals surface area contributed by atoms with E-state index in [0.717, 1.165) is 57.7 Å². The summed E-state index contributed by atoms with van der Waals surface area (Å²) in [5, 5.41) is 8.52. The van der Waals surface area contributed by atoms with Gasteiger partial charge in [-0.1, -0.05) is 42.5 Å². The Labute approximate surface area is 190 Å². The van der Waals surface area contributed by atoms with Crippen molar-refractivity contribution in [2.24, 2.45) is 0 Å². The molecule has 172 valence electrons. The summed E-state index contributed by atoms with van der Waals surface area (Å²) in [5.74, 6) is -0.282. The quantitative estimate of drug-likeness (QED) is 0.339. The van der Waals surface area contributed by atoms with E-state index in [2.05, 4.69) is 21.9 Å². The monoisotopic (exact) mass is 438 g/mol. The standard InChI is InChI=1S/C25H34N4O3/c1-27(19-21-7-3-2-4-8-21)25(31)23-12-10-22(11-13-23)20-29-17-15-28(16-18-29)14-6-5-9-24(30)26-32/h2-4,7-8,10-13,32H,5-6,9,14-20H2,1H3,(H,26,30). The molecule has 0 saturated carbocycles. The number of benzene rings is 2. The second kappa shape index (κ2) is 12.3. The maximum atomic E-state index is 12.7. The highest BCUT2D eigenvalue weighted by Crippen LogP contribution is 2.13. The van der Waals surface area contributed by atoms with E-state index >= 15 is 0 Å². The van der Waals surface area contributed by atoms with Crippen LogP contribution in [0.4, 0.5) is 0 Å². The van der Waals surface area contributed by atoms with E-state index in [9.17, 15) is 9.59 Å². The van der Waals surface area contributed by atoms with Crippen molar-refractivity contribution >= 4 is 11.8 Å². The van der Waals surface area contributed by atoms with Crippen molar-refractivity contribution in [2.75, 3.05) is 39.8 Å². The molecule has 0 spiro atoms. The van der Waals surface area contributed by atoms with Gasteiger partial charge < -0.3 is 9.80 Å². The Bertz CT molecular complexity index is 849. The third kappa shape index (κ3) is 7.44. The van der Waals surface area contributed by atoms with Gasteiger partial charge in [0.05, 0.1) is 0 Å². The van der Waals surface area contributed by atoms with Gasteiger partial charge >= 0.3 is 0 Å². The fourth-order valence-corrected chi connectivity index (χ4v) is 4.01. The van der Waals surface area contributed by atoms with Gasteiger partial charge in [0.1, 0.15) is 0 Å². The first kappa shape index (κ1) is 23.9. The summed E-state index contributed by atoms with van der Waals surface area (Å²) >= 11 is 0. The number of hydroxylamine groups is 1. The number of carbonyl (C=O) groups is 2. The second-order valence-corrected chi connectivity index (χ2v) is 8.45. The lowest BCUT2D eigenvalue weighted by Crippen LogP contribution is -2.46. The molecule has 0 unspecified atom stereocenters. The number of amides is 2. The SMILES string of the molecule is CN(Cc1ccccc1)C(=O)c1ccc(CN2CCN(CCCCC(=O)NO)CC2)cc1. The highest BCUT2D eigenvalue weighted by Gasteiger charge is 2.17. The molecular formula is C25H34N4O3. The van der Waals surface area contributed by atoms with Crippen LogP contribution in [0.15, 0.2) is 54.6 Å². The fourth-order valence-electron chi connectivity index (χ4n) is 4.01. The highest BCUT2D eigenvalue weighted by molar-refractivity contribution is 5.94. The Balaban J connectivity index is 1.39. The van der Waals surface area contributed by atoms with Gasteiger partial charge in [0.25, 0.3) is 5.91 Å². The van der Waals surface area contributed by atoms with Crippen molar-refractivity contribution in [2.45, 2.75) is 32.4 Å². The molecule has 2 N–H and O–H groups in total. The first-order valence-electron chi connectivity index (χ1n) is 11.3. The molecule has 1 aliphatic rings. The minimum atomic E-state index is -0.314. The van der Waals surface area contributed by atoms with Crippen molar-refractivity contribution in [1.82, 2.24) is 20.2 Å². The van der Waals surface area contributed by atoms with E-state index in [4.69, 9.17) is 5.21 Å². The largest absolute Gasteiger partial charge is 0.337 e. The van der Waals surface area contributed by atoms with Crippen LogP contribution in [0.3, 0.4) is 0 Å². The molecule has 32 heavy (non-hydrogen) atoms. The lowest BCUT2D eigenvalue weighted by molar-refractivity contribution is -0.129. The van der Waals surface area contributed by atoms with Gasteiger partial charge in [-0.2, -0.15) is 0 Å². The number of carbonyl (C=O) groups excluding carboxylic acids is 2. The van der Waals surface area contributed by atoms with Crippen LogP contribution in [0, 0.1) is 0 Å². The van der Waals surface area contributed by atoms with Gasteiger partial charge in [0.2, 0.25) is 5.91 Å². The smallest absolute Gasteiger partial charge is 0.253 e. The molecule has 1 heterocycles. The lowest BCUT2D eigenvalue weighted by Gasteiger charge is -2.34. The summed E-state index contributed by atoms with van der Waals surface area (Å²) < 4.78 is 0. The highest BCUT2D eigenvalue weighted by atomic mass is 16.5. The molecule has 1 saturated heterocycles. The first-order chi connectivity index (χ1) is 15.5. The van der Waals surface area contributed by atoms with Crippen LogP contribution in [-0.4, -0.2) is 71.5 Å². The molecule has 1 aliphatic heterocycles. The molecule has 2 aromatic carbocycles. The van der Waals surface area contributed by atoms with E-state index in [1.54, 1.807) is 10.4 Å². The Hall–Kier alpha value is -2.74. The predicted octanol–water partition coefficient (Wildman–Crippen LogP) is 2.75. The number of hydrogen-bond acceptors (Lipinski definition) is 5. The predicted molar refractivity (Wildman–Crippen MR) is 124 cm³/mol. The van der Waals surface area contributed by atoms with Crippen molar-refractivity contribution in [1.29, 1.82) is 0 Å². The summed E-state index contributed by atoms with van der Waals surface area (Å²) in [6.45, 7) is 6.54. The summed E-state index contributed by atoms with van der Waals surface area (Å²) in [6.07, 6.45) is 2.12. The molecule has 1 fully saturated rings. The van der Waals surface area contributed by atoms with Gasteiger partial charge in [-0.25, -0.2) is 5.48 Å². The second-order valence-electron chi connectivity index (χ2n) is 8.45. The molecule has 3 rings (SSSR count). The molecule has 0 bridgehead atoms. The number of nitrogens with one attached hydrogen (secondary N) is 1. The van der Waals surface area contributed by atoms with E-state index in [1.165, 1.54) is 5.56 Å². The van der Waals surface area contributed by atoms with Gasteiger partial charge in [-0.05, 0) is 42.6 Å². The van der Waals surface area contributed by atoms with Crippen LogP contribution in [0.1, 0.15) is 40.7 Å². The third-order valence-electron chi connectivity index (χ3n) is 5.93. The minimum absolute atomic E-state index is 0.0329. The van der Waals surface area contributed by atoms with Crippen molar-refractivity contribution in [3.05, 3.63) is 71.3 Å². The first-order valence-corrected chi connectivity index (χ1v) is 11.3. The summed E-state index contributed by atoms with van der Waals surface area (Å²) in [5.41, 5.74) is 4.73. The fraction of sp³-hybridized carbons (Fsp3) is 0.440. The van der Waals surface area contributed by atoms with Crippen molar-refractivity contribution < 1.29 is 14.8 Å². The van der Waals surface area contributed by atoms with Gasteiger partial charge in [0, 0.05) is 58.3 Å². The van der Waals surface area contributed by atoms with Crippen LogP contribution in [0.25, 0.3) is 0 Å². The average molecular weight is 439 g/mol. The normalized spacial score (nSPS) is 14.8. The molecule has 0 aliphatic carbocycles. The molecule has 7 nitrogen and oxygen atoms in total. The van der Waals surface area contributed by atoms with Crippen molar-refractivity contribution in [3.8, 4) is 0 Å². The topological polar surface area (TPSA) is 76.1 Å². The molecule has 2 aromatic rings. The lowest BCUT2D eigenvalue weighted by atomic mass is 10.1. The van der Waals surface area contributed by atoms with E-state index in [1.807, 2.05) is 49.5 Å². The summed E-state index contributed by atoms with van der Waals surface area (Å²) in [6, 6.07) is 18.0. The number of nitrogens with zero attached hydrogens (tertiary/aromatic N) is 3. The zero-order chi connectivity index (χ0) is 22.8. The van der Waals surface area contributed by atoms with Crippen LogP contribution < -0.4 is 5.48 Å². The number of unbranched alkanes of at least 4 members (excludes halogenated alkanes) is 1. The molecule has 0 aromatic heterocycles.